The largest absolute Gasteiger partial charge is 0.303 e. The number of terminal acetylenes is 1. The molecule has 1 heteroatoms. The van der Waals surface area contributed by atoms with Crippen molar-refractivity contribution < 1.29 is 0 Å². The van der Waals surface area contributed by atoms with E-state index in [-0.39, 0.29) is 0 Å². The van der Waals surface area contributed by atoms with Crippen LogP contribution in [0.3, 0.4) is 0 Å². The fraction of sp³-hybridized carbons (Fsp3) is 0.667. The second-order valence-corrected chi connectivity index (χ2v) is 2.71. The second-order valence-electron chi connectivity index (χ2n) is 2.71. The third kappa shape index (κ3) is 2.41. The molecule has 1 saturated carbocycles. The van der Waals surface area contributed by atoms with Crippen LogP contribution in [0, 0.1) is 18.8 Å². The van der Waals surface area contributed by atoms with Gasteiger partial charge < -0.3 is 5.32 Å². The van der Waals surface area contributed by atoms with Crippen LogP contribution in [0.25, 0.3) is 0 Å². The van der Waals surface area contributed by atoms with Crippen LogP contribution in [0.1, 0.15) is 25.7 Å². The van der Waals surface area contributed by atoms with Crippen molar-refractivity contribution in [3.8, 4) is 12.3 Å². The molecule has 0 spiro atoms. The lowest BCUT2D eigenvalue weighted by Gasteiger charge is -2.21. The summed E-state index contributed by atoms with van der Waals surface area (Å²) in [4.78, 5) is 0. The van der Waals surface area contributed by atoms with E-state index >= 15 is 0 Å². The molecule has 1 aliphatic rings. The van der Waals surface area contributed by atoms with Crippen LogP contribution < -0.4 is 5.32 Å². The Labute approximate surface area is 63.2 Å². The van der Waals surface area contributed by atoms with Gasteiger partial charge in [0.15, 0.2) is 0 Å². The van der Waals surface area contributed by atoms with Gasteiger partial charge in [-0.05, 0) is 19.3 Å². The summed E-state index contributed by atoms with van der Waals surface area (Å²) in [5.41, 5.74) is 0. The van der Waals surface area contributed by atoms with Gasteiger partial charge in [0.1, 0.15) is 0 Å². The molecule has 0 aromatic rings. The first-order valence-electron chi connectivity index (χ1n) is 3.93. The molecule has 0 bridgehead atoms. The summed E-state index contributed by atoms with van der Waals surface area (Å²) in [6.45, 7) is 0.709. The molecule has 1 aliphatic carbocycles. The van der Waals surface area contributed by atoms with Crippen molar-refractivity contribution in [3.05, 3.63) is 6.42 Å². The van der Waals surface area contributed by atoms with Gasteiger partial charge in [0.2, 0.25) is 0 Å². The maximum Gasteiger partial charge on any atom is 0.0576 e. The van der Waals surface area contributed by atoms with Gasteiger partial charge in [-0.2, -0.15) is 0 Å². The van der Waals surface area contributed by atoms with E-state index < -0.39 is 0 Å². The van der Waals surface area contributed by atoms with E-state index in [1.807, 2.05) is 0 Å². The van der Waals surface area contributed by atoms with Crippen molar-refractivity contribution in [2.75, 3.05) is 6.54 Å². The van der Waals surface area contributed by atoms with Crippen LogP contribution >= 0.6 is 0 Å². The Morgan fingerprint density at radius 3 is 3.10 bits per heavy atom. The molecular formula is C9H14N. The summed E-state index contributed by atoms with van der Waals surface area (Å²) >= 11 is 0. The zero-order valence-corrected chi connectivity index (χ0v) is 6.27. The molecule has 0 aromatic carbocycles. The minimum atomic E-state index is 0.588. The highest BCUT2D eigenvalue weighted by Crippen LogP contribution is 2.15. The molecule has 10 heavy (non-hydrogen) atoms. The van der Waals surface area contributed by atoms with Gasteiger partial charge in [-0.25, -0.2) is 0 Å². The zero-order chi connectivity index (χ0) is 7.23. The van der Waals surface area contributed by atoms with Gasteiger partial charge >= 0.3 is 0 Å². The first-order valence-corrected chi connectivity index (χ1v) is 3.93. The van der Waals surface area contributed by atoms with Crippen molar-refractivity contribution in [1.29, 1.82) is 0 Å². The maximum absolute atomic E-state index is 5.12. The van der Waals surface area contributed by atoms with Crippen LogP contribution in [0.2, 0.25) is 0 Å². The quantitative estimate of drug-likeness (QED) is 0.565. The fourth-order valence-electron chi connectivity index (χ4n) is 1.32. The normalized spacial score (nSPS) is 20.3. The van der Waals surface area contributed by atoms with E-state index in [0.29, 0.717) is 12.6 Å². The molecule has 1 nitrogen and oxygen atoms in total. The number of hydrogen-bond donors (Lipinski definition) is 1. The summed E-state index contributed by atoms with van der Waals surface area (Å²) in [5, 5.41) is 3.28. The molecule has 0 heterocycles. The Balaban J connectivity index is 2.09. The van der Waals surface area contributed by atoms with Gasteiger partial charge in [-0.1, -0.05) is 18.8 Å². The van der Waals surface area contributed by atoms with Gasteiger partial charge in [0.25, 0.3) is 0 Å². The summed E-state index contributed by atoms with van der Waals surface area (Å²) in [6.07, 6.45) is 12.7. The minimum Gasteiger partial charge on any atom is -0.303 e. The monoisotopic (exact) mass is 136 g/mol. The fourth-order valence-corrected chi connectivity index (χ4v) is 1.32. The maximum atomic E-state index is 5.12. The smallest absolute Gasteiger partial charge is 0.0576 e. The molecule has 1 unspecified atom stereocenters. The number of hydrogen-bond acceptors (Lipinski definition) is 1. The van der Waals surface area contributed by atoms with Crippen molar-refractivity contribution >= 4 is 0 Å². The van der Waals surface area contributed by atoms with Crippen molar-refractivity contribution in [2.45, 2.75) is 31.7 Å². The molecule has 1 fully saturated rings. The van der Waals surface area contributed by atoms with E-state index in [0.717, 1.165) is 0 Å². The predicted octanol–water partition coefficient (Wildman–Crippen LogP) is 1.36. The van der Waals surface area contributed by atoms with E-state index in [9.17, 15) is 0 Å². The lowest BCUT2D eigenvalue weighted by Crippen LogP contribution is -2.31. The Bertz CT molecular complexity index is 117. The highest BCUT2D eigenvalue weighted by atomic mass is 14.9. The average Bonchev–Trinajstić information content (AvgIpc) is 2.03. The average molecular weight is 136 g/mol. The van der Waals surface area contributed by atoms with Gasteiger partial charge in [0, 0.05) is 6.04 Å². The van der Waals surface area contributed by atoms with Gasteiger partial charge in [0.05, 0.1) is 6.54 Å². The Morgan fingerprint density at radius 2 is 2.50 bits per heavy atom. The molecule has 0 aliphatic heterocycles. The van der Waals surface area contributed by atoms with Gasteiger partial charge in [-0.3, -0.25) is 0 Å². The van der Waals surface area contributed by atoms with Crippen LogP contribution in [0.5, 0.6) is 0 Å². The zero-order valence-electron chi connectivity index (χ0n) is 6.27. The summed E-state index contributed by atoms with van der Waals surface area (Å²) in [5.74, 6) is 2.58. The van der Waals surface area contributed by atoms with E-state index in [1.54, 1.807) is 0 Å². The molecule has 1 radical (unpaired) electrons. The van der Waals surface area contributed by atoms with Crippen LogP contribution in [-0.2, 0) is 0 Å². The molecule has 1 N–H and O–H groups in total. The minimum absolute atomic E-state index is 0.588. The predicted molar refractivity (Wildman–Crippen MR) is 43.4 cm³/mol. The van der Waals surface area contributed by atoms with Gasteiger partial charge in [-0.15, -0.1) is 6.42 Å². The van der Waals surface area contributed by atoms with Crippen molar-refractivity contribution in [2.24, 2.45) is 0 Å². The summed E-state index contributed by atoms with van der Waals surface area (Å²) in [6, 6.07) is 0.588. The Morgan fingerprint density at radius 1 is 1.60 bits per heavy atom. The van der Waals surface area contributed by atoms with E-state index in [2.05, 4.69) is 17.7 Å². The molecule has 55 valence electrons. The van der Waals surface area contributed by atoms with E-state index in [4.69, 9.17) is 6.42 Å². The van der Waals surface area contributed by atoms with Crippen molar-refractivity contribution in [3.63, 3.8) is 0 Å². The number of rotatable bonds is 2. The first kappa shape index (κ1) is 7.63. The SMILES string of the molecule is C#CCNC1[CH]CCCC1. The molecule has 0 saturated heterocycles. The van der Waals surface area contributed by atoms with Crippen LogP contribution in [-0.4, -0.2) is 12.6 Å². The highest BCUT2D eigenvalue weighted by molar-refractivity contribution is 4.93. The van der Waals surface area contributed by atoms with E-state index in [1.165, 1.54) is 25.7 Å². The third-order valence-electron chi connectivity index (χ3n) is 1.89. The first-order chi connectivity index (χ1) is 4.93. The topological polar surface area (TPSA) is 12.0 Å². The lowest BCUT2D eigenvalue weighted by atomic mass is 9.96. The highest BCUT2D eigenvalue weighted by Gasteiger charge is 2.11. The third-order valence-corrected chi connectivity index (χ3v) is 1.89. The number of nitrogens with one attached hydrogen (secondary N) is 1. The molecule has 0 amide bonds. The molecule has 0 aromatic heterocycles. The van der Waals surface area contributed by atoms with Crippen molar-refractivity contribution in [1.82, 2.24) is 5.32 Å². The standard InChI is InChI=1S/C9H14N/c1-2-8-10-9-6-4-3-5-7-9/h1,6,9-10H,3-5,7-8H2. The summed E-state index contributed by atoms with van der Waals surface area (Å²) < 4.78 is 0. The lowest BCUT2D eigenvalue weighted by molar-refractivity contribution is 0.466. The second kappa shape index (κ2) is 4.35. The van der Waals surface area contributed by atoms with Crippen LogP contribution in [0.15, 0.2) is 0 Å². The Kier molecular flexibility index (Phi) is 3.32. The molecule has 1 rings (SSSR count). The summed E-state index contributed by atoms with van der Waals surface area (Å²) in [7, 11) is 0. The molecule has 1 atom stereocenters. The molecular weight excluding hydrogens is 122 g/mol. The Hall–Kier alpha value is -0.480. The van der Waals surface area contributed by atoms with Crippen LogP contribution in [0.4, 0.5) is 0 Å².